The van der Waals surface area contributed by atoms with Crippen LogP contribution >= 0.6 is 0 Å². The molecule has 6 aromatic carbocycles. The van der Waals surface area contributed by atoms with Gasteiger partial charge in [-0.25, -0.2) is 4.98 Å². The Bertz CT molecular complexity index is 2640. The van der Waals surface area contributed by atoms with Crippen LogP contribution in [0.4, 0.5) is 22.7 Å². The van der Waals surface area contributed by atoms with E-state index in [9.17, 15) is 0 Å². The van der Waals surface area contributed by atoms with Crippen molar-refractivity contribution in [2.24, 2.45) is 0 Å². The molecule has 1 aliphatic heterocycles. The van der Waals surface area contributed by atoms with Gasteiger partial charge >= 0.3 is 0 Å². The zero-order chi connectivity index (χ0) is 35.0. The van der Waals surface area contributed by atoms with Gasteiger partial charge in [0.05, 0.1) is 16.9 Å². The summed E-state index contributed by atoms with van der Waals surface area (Å²) in [5, 5.41) is 3.40. The van der Waals surface area contributed by atoms with E-state index in [1.807, 2.05) is 12.3 Å². The molecular weight excluding hydrogens is 625 g/mol. The van der Waals surface area contributed by atoms with Crippen LogP contribution in [0.5, 0.6) is 11.5 Å². The summed E-state index contributed by atoms with van der Waals surface area (Å²) in [6, 6.07) is 39.4. The molecule has 0 fully saturated rings. The highest BCUT2D eigenvalue weighted by molar-refractivity contribution is 6.12. The maximum absolute atomic E-state index is 6.61. The van der Waals surface area contributed by atoms with Crippen LogP contribution in [0.25, 0.3) is 38.4 Å². The van der Waals surface area contributed by atoms with Crippen LogP contribution < -0.4 is 14.5 Å². The van der Waals surface area contributed by atoms with E-state index in [0.29, 0.717) is 0 Å². The van der Waals surface area contributed by atoms with Gasteiger partial charge < -0.3 is 14.5 Å². The highest BCUT2D eigenvalue weighted by atomic mass is 16.5. The van der Waals surface area contributed by atoms with E-state index < -0.39 is 0 Å². The van der Waals surface area contributed by atoms with Crippen molar-refractivity contribution in [3.05, 3.63) is 155 Å². The molecule has 5 nitrogen and oxygen atoms in total. The summed E-state index contributed by atoms with van der Waals surface area (Å²) in [7, 11) is 0. The van der Waals surface area contributed by atoms with Gasteiger partial charge in [0.2, 0.25) is 0 Å². The maximum Gasteiger partial charge on any atom is 0.145 e. The van der Waals surface area contributed by atoms with Crippen LogP contribution in [-0.4, -0.2) is 16.1 Å². The smallest absolute Gasteiger partial charge is 0.145 e. The lowest BCUT2D eigenvalue weighted by Crippen LogP contribution is -2.25. The molecule has 9 rings (SSSR count). The fourth-order valence-electron chi connectivity index (χ4n) is 8.53. The molecule has 51 heavy (non-hydrogen) atoms. The van der Waals surface area contributed by atoms with Crippen molar-refractivity contribution in [1.29, 1.82) is 0 Å². The van der Waals surface area contributed by atoms with E-state index in [-0.39, 0.29) is 0 Å². The molecule has 0 spiro atoms. The van der Waals surface area contributed by atoms with E-state index in [2.05, 4.69) is 165 Å². The number of anilines is 4. The number of imidazole rings is 1. The SMILES string of the molecule is Cc1cc(C)c(-c2ccc3c4ccc(Oc5cccc(N6CN(c7c(C)cc(C)cc7C)c7ccccc76)c5)cc4c4nccn4c3c2)c(C)c1. The van der Waals surface area contributed by atoms with Crippen LogP contribution in [0.15, 0.2) is 122 Å². The number of benzene rings is 6. The number of hydrogen-bond acceptors (Lipinski definition) is 4. The first kappa shape index (κ1) is 30.9. The third-order valence-electron chi connectivity index (χ3n) is 10.4. The molecule has 8 aromatic rings. The molecule has 0 atom stereocenters. The lowest BCUT2D eigenvalue weighted by molar-refractivity contribution is 0.483. The van der Waals surface area contributed by atoms with Gasteiger partial charge in [-0.05, 0) is 129 Å². The summed E-state index contributed by atoms with van der Waals surface area (Å²) < 4.78 is 8.82. The van der Waals surface area contributed by atoms with Gasteiger partial charge in [-0.15, -0.1) is 0 Å². The Morgan fingerprint density at radius 3 is 1.98 bits per heavy atom. The van der Waals surface area contributed by atoms with Crippen LogP contribution in [-0.2, 0) is 0 Å². The predicted octanol–water partition coefficient (Wildman–Crippen LogP) is 12.2. The molecule has 0 unspecified atom stereocenters. The molecule has 0 radical (unpaired) electrons. The summed E-state index contributed by atoms with van der Waals surface area (Å²) in [6.45, 7) is 13.9. The second kappa shape index (κ2) is 11.8. The predicted molar refractivity (Wildman–Crippen MR) is 213 cm³/mol. The second-order valence-electron chi connectivity index (χ2n) is 14.2. The van der Waals surface area contributed by atoms with E-state index in [1.54, 1.807) is 0 Å². The Hall–Kier alpha value is -6.07. The van der Waals surface area contributed by atoms with E-state index in [1.165, 1.54) is 67.0 Å². The molecule has 0 saturated heterocycles. The zero-order valence-electron chi connectivity index (χ0n) is 30.0. The lowest BCUT2D eigenvalue weighted by atomic mass is 9.92. The standard InChI is InChI=1S/C46H40N4O/c1-28-20-30(3)44(31(4)21-28)34-14-16-39-38-17-15-37(26-40(38)46-47-18-19-48(46)43(39)24-34)51-36-11-9-10-35(25-36)49-27-50(42-13-8-7-12-41(42)49)45-32(5)22-29(2)23-33(45)6/h7-26H,27H2,1-6H3. The van der Waals surface area contributed by atoms with Crippen LogP contribution in [0, 0.1) is 41.5 Å². The number of aromatic nitrogens is 2. The third kappa shape index (κ3) is 5.11. The van der Waals surface area contributed by atoms with Gasteiger partial charge in [0.1, 0.15) is 23.8 Å². The Balaban J connectivity index is 1.07. The molecule has 3 heterocycles. The Morgan fingerprint density at radius 2 is 1.24 bits per heavy atom. The van der Waals surface area contributed by atoms with Gasteiger partial charge in [0.15, 0.2) is 0 Å². The minimum Gasteiger partial charge on any atom is -0.457 e. The minimum atomic E-state index is 0.721. The van der Waals surface area contributed by atoms with Gasteiger partial charge in [-0.3, -0.25) is 4.40 Å². The first-order chi connectivity index (χ1) is 24.7. The number of ether oxygens (including phenoxy) is 1. The average Bonchev–Trinajstić information content (AvgIpc) is 3.74. The summed E-state index contributed by atoms with van der Waals surface area (Å²) in [6.07, 6.45) is 3.94. The van der Waals surface area contributed by atoms with Crippen molar-refractivity contribution in [3.63, 3.8) is 0 Å². The number of fused-ring (bicyclic) bond motifs is 7. The van der Waals surface area contributed by atoms with Gasteiger partial charge in [0.25, 0.3) is 0 Å². The minimum absolute atomic E-state index is 0.721. The Kier molecular flexibility index (Phi) is 7.14. The number of hydrogen-bond donors (Lipinski definition) is 0. The van der Waals surface area contributed by atoms with Crippen molar-refractivity contribution in [2.45, 2.75) is 41.5 Å². The zero-order valence-corrected chi connectivity index (χ0v) is 30.0. The first-order valence-electron chi connectivity index (χ1n) is 17.6. The van der Waals surface area contributed by atoms with Crippen LogP contribution in [0.2, 0.25) is 0 Å². The summed E-state index contributed by atoms with van der Waals surface area (Å²) in [4.78, 5) is 9.63. The molecule has 0 saturated carbocycles. The Morgan fingerprint density at radius 1 is 0.569 bits per heavy atom. The van der Waals surface area contributed by atoms with Crippen molar-refractivity contribution in [1.82, 2.24) is 9.38 Å². The number of nitrogens with zero attached hydrogens (tertiary/aromatic N) is 4. The highest BCUT2D eigenvalue weighted by Crippen LogP contribution is 2.46. The van der Waals surface area contributed by atoms with Crippen molar-refractivity contribution < 1.29 is 4.74 Å². The topological polar surface area (TPSA) is 33.0 Å². The van der Waals surface area contributed by atoms with E-state index in [4.69, 9.17) is 9.72 Å². The van der Waals surface area contributed by atoms with E-state index >= 15 is 0 Å². The lowest BCUT2D eigenvalue weighted by Gasteiger charge is -2.25. The quantitative estimate of drug-likeness (QED) is 0.171. The Labute approximate surface area is 299 Å². The normalized spacial score (nSPS) is 12.7. The molecule has 0 N–H and O–H groups in total. The fraction of sp³-hybridized carbons (Fsp3) is 0.152. The van der Waals surface area contributed by atoms with Crippen LogP contribution in [0.3, 0.4) is 0 Å². The second-order valence-corrected chi connectivity index (χ2v) is 14.2. The van der Waals surface area contributed by atoms with E-state index in [0.717, 1.165) is 45.8 Å². The average molecular weight is 665 g/mol. The largest absolute Gasteiger partial charge is 0.457 e. The molecule has 0 amide bonds. The van der Waals surface area contributed by atoms with Crippen LogP contribution in [0.1, 0.15) is 33.4 Å². The molecule has 5 heteroatoms. The van der Waals surface area contributed by atoms with Gasteiger partial charge in [-0.2, -0.15) is 0 Å². The number of rotatable bonds is 5. The summed E-state index contributed by atoms with van der Waals surface area (Å²) in [5.74, 6) is 1.57. The molecule has 0 bridgehead atoms. The van der Waals surface area contributed by atoms with Gasteiger partial charge in [0, 0.05) is 40.6 Å². The fourth-order valence-corrected chi connectivity index (χ4v) is 8.53. The number of para-hydroxylation sites is 2. The van der Waals surface area contributed by atoms with Crippen molar-refractivity contribution >= 4 is 50.1 Å². The number of pyridine rings is 1. The molecule has 2 aromatic heterocycles. The molecule has 250 valence electrons. The number of aryl methyl sites for hydroxylation is 6. The molecular formula is C46H40N4O. The first-order valence-corrected chi connectivity index (χ1v) is 17.6. The maximum atomic E-state index is 6.61. The van der Waals surface area contributed by atoms with Crippen molar-refractivity contribution in [3.8, 4) is 22.6 Å². The molecule has 1 aliphatic rings. The van der Waals surface area contributed by atoms with Crippen molar-refractivity contribution in [2.75, 3.05) is 16.5 Å². The summed E-state index contributed by atoms with van der Waals surface area (Å²) in [5.41, 5.74) is 17.1. The summed E-state index contributed by atoms with van der Waals surface area (Å²) >= 11 is 0. The third-order valence-corrected chi connectivity index (χ3v) is 10.4. The van der Waals surface area contributed by atoms with Gasteiger partial charge in [-0.1, -0.05) is 65.7 Å². The monoisotopic (exact) mass is 664 g/mol. The molecule has 0 aliphatic carbocycles. The highest BCUT2D eigenvalue weighted by Gasteiger charge is 2.29.